The first kappa shape index (κ1) is 18.3. The fraction of sp³-hybridized carbons (Fsp3) is 0.409. The standard InChI is InChI=1S/C22H27NO3/c1-3-26-21-14-20(24)19(13-18(21)16-7-5-4-6-8-16)23-22(25)17-11-9-15(2)10-12-17/h9-14,16,24H,3-8H2,1-2H3,(H,23,25). The van der Waals surface area contributed by atoms with Crippen LogP contribution in [0.4, 0.5) is 5.69 Å². The molecule has 0 aliphatic heterocycles. The number of amides is 1. The van der Waals surface area contributed by atoms with E-state index in [4.69, 9.17) is 4.74 Å². The number of anilines is 1. The van der Waals surface area contributed by atoms with Gasteiger partial charge in [0.1, 0.15) is 11.5 Å². The van der Waals surface area contributed by atoms with Crippen molar-refractivity contribution in [2.75, 3.05) is 11.9 Å². The largest absolute Gasteiger partial charge is 0.506 e. The average Bonchev–Trinajstić information content (AvgIpc) is 2.65. The highest BCUT2D eigenvalue weighted by atomic mass is 16.5. The third kappa shape index (κ3) is 4.18. The third-order valence-corrected chi connectivity index (χ3v) is 5.03. The van der Waals surface area contributed by atoms with Gasteiger partial charge in [-0.25, -0.2) is 0 Å². The zero-order valence-corrected chi connectivity index (χ0v) is 15.5. The molecular formula is C22H27NO3. The van der Waals surface area contributed by atoms with Gasteiger partial charge >= 0.3 is 0 Å². The van der Waals surface area contributed by atoms with Crippen molar-refractivity contribution in [3.05, 3.63) is 53.1 Å². The maximum absolute atomic E-state index is 12.5. The normalized spacial score (nSPS) is 14.8. The molecule has 1 fully saturated rings. The third-order valence-electron chi connectivity index (χ3n) is 5.03. The van der Waals surface area contributed by atoms with Gasteiger partial charge in [0.25, 0.3) is 5.91 Å². The minimum atomic E-state index is -0.223. The van der Waals surface area contributed by atoms with Crippen LogP contribution >= 0.6 is 0 Å². The number of benzene rings is 2. The van der Waals surface area contributed by atoms with Gasteiger partial charge in [-0.05, 0) is 56.4 Å². The Hall–Kier alpha value is -2.49. The summed E-state index contributed by atoms with van der Waals surface area (Å²) >= 11 is 0. The zero-order chi connectivity index (χ0) is 18.5. The van der Waals surface area contributed by atoms with Crippen LogP contribution in [0.15, 0.2) is 36.4 Å². The summed E-state index contributed by atoms with van der Waals surface area (Å²) in [6, 6.07) is 10.9. The van der Waals surface area contributed by atoms with Gasteiger partial charge in [0.15, 0.2) is 0 Å². The molecular weight excluding hydrogens is 326 g/mol. The second kappa shape index (κ2) is 8.26. The van der Waals surface area contributed by atoms with Crippen LogP contribution in [0.2, 0.25) is 0 Å². The summed E-state index contributed by atoms with van der Waals surface area (Å²) in [5.41, 5.74) is 3.20. The molecule has 1 amide bonds. The number of aryl methyl sites for hydroxylation is 1. The Morgan fingerprint density at radius 1 is 1.15 bits per heavy atom. The summed E-state index contributed by atoms with van der Waals surface area (Å²) in [7, 11) is 0. The van der Waals surface area contributed by atoms with E-state index in [0.29, 0.717) is 23.8 Å². The van der Waals surface area contributed by atoms with E-state index in [1.165, 1.54) is 19.3 Å². The summed E-state index contributed by atoms with van der Waals surface area (Å²) in [5.74, 6) is 0.957. The lowest BCUT2D eigenvalue weighted by Crippen LogP contribution is -2.13. The topological polar surface area (TPSA) is 58.6 Å². The lowest BCUT2D eigenvalue weighted by Gasteiger charge is -2.25. The minimum Gasteiger partial charge on any atom is -0.506 e. The minimum absolute atomic E-state index is 0.0356. The molecule has 0 bridgehead atoms. The van der Waals surface area contributed by atoms with E-state index in [1.54, 1.807) is 18.2 Å². The molecule has 3 rings (SSSR count). The number of rotatable bonds is 5. The first-order valence-corrected chi connectivity index (χ1v) is 9.46. The highest BCUT2D eigenvalue weighted by molar-refractivity contribution is 6.05. The Balaban J connectivity index is 1.88. The molecule has 138 valence electrons. The molecule has 0 unspecified atom stereocenters. The van der Waals surface area contributed by atoms with Crippen LogP contribution in [0.1, 0.15) is 66.4 Å². The number of carbonyl (C=O) groups is 1. The molecule has 26 heavy (non-hydrogen) atoms. The number of carbonyl (C=O) groups excluding carboxylic acids is 1. The smallest absolute Gasteiger partial charge is 0.255 e. The van der Waals surface area contributed by atoms with Gasteiger partial charge in [-0.3, -0.25) is 4.79 Å². The van der Waals surface area contributed by atoms with Crippen molar-refractivity contribution in [3.8, 4) is 11.5 Å². The van der Waals surface area contributed by atoms with Crippen molar-refractivity contribution < 1.29 is 14.6 Å². The Morgan fingerprint density at radius 3 is 2.50 bits per heavy atom. The molecule has 0 radical (unpaired) electrons. The van der Waals surface area contributed by atoms with Crippen LogP contribution in [0.5, 0.6) is 11.5 Å². The van der Waals surface area contributed by atoms with Crippen molar-refractivity contribution in [2.45, 2.75) is 51.9 Å². The second-order valence-corrected chi connectivity index (χ2v) is 7.00. The molecule has 1 aliphatic rings. The highest BCUT2D eigenvalue weighted by Crippen LogP contribution is 2.42. The summed E-state index contributed by atoms with van der Waals surface area (Å²) in [5, 5.41) is 13.2. The molecule has 0 saturated heterocycles. The highest BCUT2D eigenvalue weighted by Gasteiger charge is 2.22. The summed E-state index contributed by atoms with van der Waals surface area (Å²) in [6.07, 6.45) is 5.94. The molecule has 2 aromatic carbocycles. The van der Waals surface area contributed by atoms with E-state index in [2.05, 4.69) is 5.32 Å². The van der Waals surface area contributed by atoms with Gasteiger partial charge in [0, 0.05) is 11.6 Å². The summed E-state index contributed by atoms with van der Waals surface area (Å²) < 4.78 is 5.76. The molecule has 0 heterocycles. The number of hydrogen-bond donors (Lipinski definition) is 2. The first-order chi connectivity index (χ1) is 12.6. The van der Waals surface area contributed by atoms with Crippen molar-refractivity contribution in [3.63, 3.8) is 0 Å². The van der Waals surface area contributed by atoms with Crippen molar-refractivity contribution >= 4 is 11.6 Å². The van der Waals surface area contributed by atoms with Gasteiger partial charge in [-0.1, -0.05) is 37.0 Å². The Bertz CT molecular complexity index is 762. The SMILES string of the molecule is CCOc1cc(O)c(NC(=O)c2ccc(C)cc2)cc1C1CCCCC1. The average molecular weight is 353 g/mol. The molecule has 2 N–H and O–H groups in total. The zero-order valence-electron chi connectivity index (χ0n) is 15.5. The number of nitrogens with one attached hydrogen (secondary N) is 1. The van der Waals surface area contributed by atoms with E-state index in [0.717, 1.165) is 29.7 Å². The molecule has 0 atom stereocenters. The monoisotopic (exact) mass is 353 g/mol. The van der Waals surface area contributed by atoms with Crippen LogP contribution in [0.3, 0.4) is 0 Å². The molecule has 4 nitrogen and oxygen atoms in total. The Morgan fingerprint density at radius 2 is 1.85 bits per heavy atom. The van der Waals surface area contributed by atoms with Gasteiger partial charge in [-0.15, -0.1) is 0 Å². The quantitative estimate of drug-likeness (QED) is 0.708. The van der Waals surface area contributed by atoms with Crippen LogP contribution < -0.4 is 10.1 Å². The second-order valence-electron chi connectivity index (χ2n) is 7.00. The number of phenolic OH excluding ortho intramolecular Hbond substituents is 1. The van der Waals surface area contributed by atoms with E-state index < -0.39 is 0 Å². The molecule has 1 aliphatic carbocycles. The van der Waals surface area contributed by atoms with Crippen LogP contribution in [0.25, 0.3) is 0 Å². The summed E-state index contributed by atoms with van der Waals surface area (Å²) in [6.45, 7) is 4.47. The van der Waals surface area contributed by atoms with Crippen molar-refractivity contribution in [1.82, 2.24) is 0 Å². The molecule has 2 aromatic rings. The van der Waals surface area contributed by atoms with Gasteiger partial charge in [0.2, 0.25) is 0 Å². The van der Waals surface area contributed by atoms with E-state index in [-0.39, 0.29) is 11.7 Å². The Kier molecular flexibility index (Phi) is 5.82. The van der Waals surface area contributed by atoms with Crippen molar-refractivity contribution in [2.24, 2.45) is 0 Å². The van der Waals surface area contributed by atoms with E-state index in [9.17, 15) is 9.90 Å². The van der Waals surface area contributed by atoms with Crippen LogP contribution in [-0.4, -0.2) is 17.6 Å². The number of aromatic hydroxyl groups is 1. The molecule has 1 saturated carbocycles. The number of ether oxygens (including phenoxy) is 1. The number of phenols is 1. The molecule has 0 spiro atoms. The fourth-order valence-corrected chi connectivity index (χ4v) is 3.60. The predicted molar refractivity (Wildman–Crippen MR) is 104 cm³/mol. The van der Waals surface area contributed by atoms with Crippen LogP contribution in [0, 0.1) is 6.92 Å². The van der Waals surface area contributed by atoms with Crippen LogP contribution in [-0.2, 0) is 0 Å². The fourth-order valence-electron chi connectivity index (χ4n) is 3.60. The Labute approximate surface area is 155 Å². The summed E-state index contributed by atoms with van der Waals surface area (Å²) in [4.78, 5) is 12.5. The maximum atomic E-state index is 12.5. The van der Waals surface area contributed by atoms with Gasteiger partial charge in [-0.2, -0.15) is 0 Å². The predicted octanol–water partition coefficient (Wildman–Crippen LogP) is 5.40. The van der Waals surface area contributed by atoms with Gasteiger partial charge < -0.3 is 15.2 Å². The van der Waals surface area contributed by atoms with Crippen molar-refractivity contribution in [1.29, 1.82) is 0 Å². The van der Waals surface area contributed by atoms with E-state index in [1.807, 2.05) is 32.0 Å². The maximum Gasteiger partial charge on any atom is 0.255 e. The number of hydrogen-bond acceptors (Lipinski definition) is 3. The molecule has 4 heteroatoms. The molecule has 0 aromatic heterocycles. The van der Waals surface area contributed by atoms with Gasteiger partial charge in [0.05, 0.1) is 12.3 Å². The lowest BCUT2D eigenvalue weighted by molar-refractivity contribution is 0.102. The van der Waals surface area contributed by atoms with E-state index >= 15 is 0 Å². The lowest BCUT2D eigenvalue weighted by atomic mass is 9.83. The first-order valence-electron chi connectivity index (χ1n) is 9.46.